The summed E-state index contributed by atoms with van der Waals surface area (Å²) in [6.45, 7) is 0.372. The first kappa shape index (κ1) is 10.3. The van der Waals surface area contributed by atoms with E-state index in [4.69, 9.17) is 27.8 Å². The van der Waals surface area contributed by atoms with Crippen molar-refractivity contribution in [2.75, 3.05) is 13.7 Å². The minimum Gasteiger partial charge on any atom is -0.496 e. The molecule has 0 fully saturated rings. The molecule has 4 N–H and O–H groups in total. The van der Waals surface area contributed by atoms with Gasteiger partial charge in [-0.2, -0.15) is 0 Å². The Morgan fingerprint density at radius 1 is 1.54 bits per heavy atom. The molecule has 1 atom stereocenters. The number of benzene rings is 1. The van der Waals surface area contributed by atoms with E-state index in [0.717, 1.165) is 11.3 Å². The quantitative estimate of drug-likeness (QED) is 0.774. The number of rotatable bonds is 3. The van der Waals surface area contributed by atoms with E-state index in [2.05, 4.69) is 0 Å². The van der Waals surface area contributed by atoms with Gasteiger partial charge in [-0.3, -0.25) is 0 Å². The molecular formula is C9H13ClN2O. The molecule has 4 heteroatoms. The molecule has 1 aromatic rings. The van der Waals surface area contributed by atoms with Crippen molar-refractivity contribution >= 4 is 11.6 Å². The molecule has 0 aliphatic rings. The average molecular weight is 201 g/mol. The summed E-state index contributed by atoms with van der Waals surface area (Å²) in [7, 11) is 1.59. The molecule has 0 saturated carbocycles. The van der Waals surface area contributed by atoms with Crippen LogP contribution in [-0.4, -0.2) is 13.7 Å². The van der Waals surface area contributed by atoms with Gasteiger partial charge < -0.3 is 16.2 Å². The zero-order valence-corrected chi connectivity index (χ0v) is 8.21. The van der Waals surface area contributed by atoms with E-state index in [9.17, 15) is 0 Å². The second-order valence-corrected chi connectivity index (χ2v) is 3.16. The lowest BCUT2D eigenvalue weighted by Crippen LogP contribution is -2.21. The van der Waals surface area contributed by atoms with Crippen molar-refractivity contribution in [1.29, 1.82) is 0 Å². The van der Waals surface area contributed by atoms with Crippen molar-refractivity contribution in [2.45, 2.75) is 6.04 Å². The zero-order chi connectivity index (χ0) is 9.84. The maximum Gasteiger partial charge on any atom is 0.123 e. The highest BCUT2D eigenvalue weighted by Crippen LogP contribution is 2.26. The SMILES string of the molecule is COc1ccc(Cl)cc1C(N)CN. The summed E-state index contributed by atoms with van der Waals surface area (Å²) in [5.41, 5.74) is 12.1. The van der Waals surface area contributed by atoms with E-state index < -0.39 is 0 Å². The Kier molecular flexibility index (Phi) is 3.54. The van der Waals surface area contributed by atoms with Gasteiger partial charge in [-0.25, -0.2) is 0 Å². The molecule has 3 nitrogen and oxygen atoms in total. The summed E-state index contributed by atoms with van der Waals surface area (Å²) in [4.78, 5) is 0. The molecule has 0 bridgehead atoms. The van der Waals surface area contributed by atoms with Crippen LogP contribution >= 0.6 is 11.6 Å². The molecule has 1 unspecified atom stereocenters. The van der Waals surface area contributed by atoms with Gasteiger partial charge in [0.2, 0.25) is 0 Å². The molecule has 0 radical (unpaired) electrons. The van der Waals surface area contributed by atoms with Crippen LogP contribution in [-0.2, 0) is 0 Å². The van der Waals surface area contributed by atoms with Crippen molar-refractivity contribution < 1.29 is 4.74 Å². The number of hydrogen-bond acceptors (Lipinski definition) is 3. The van der Waals surface area contributed by atoms with Crippen LogP contribution in [0.25, 0.3) is 0 Å². The standard InChI is InChI=1S/C9H13ClN2O/c1-13-9-3-2-6(10)4-7(9)8(12)5-11/h2-4,8H,5,11-12H2,1H3. The Hall–Kier alpha value is -0.770. The van der Waals surface area contributed by atoms with Gasteiger partial charge in [-0.1, -0.05) is 11.6 Å². The summed E-state index contributed by atoms with van der Waals surface area (Å²) in [5, 5.41) is 0.639. The molecule has 1 aromatic carbocycles. The predicted octanol–water partition coefficient (Wildman–Crippen LogP) is 1.31. The Balaban J connectivity index is 3.07. The van der Waals surface area contributed by atoms with Crippen LogP contribution in [0, 0.1) is 0 Å². The van der Waals surface area contributed by atoms with Crippen LogP contribution in [0.3, 0.4) is 0 Å². The van der Waals surface area contributed by atoms with E-state index in [1.54, 1.807) is 25.3 Å². The molecule has 0 aliphatic heterocycles. The van der Waals surface area contributed by atoms with Gasteiger partial charge in [0.15, 0.2) is 0 Å². The smallest absolute Gasteiger partial charge is 0.123 e. The van der Waals surface area contributed by atoms with Gasteiger partial charge >= 0.3 is 0 Å². The summed E-state index contributed by atoms with van der Waals surface area (Å²) in [6.07, 6.45) is 0. The second-order valence-electron chi connectivity index (χ2n) is 2.73. The number of nitrogens with two attached hydrogens (primary N) is 2. The van der Waals surface area contributed by atoms with E-state index in [-0.39, 0.29) is 6.04 Å². The van der Waals surface area contributed by atoms with Crippen LogP contribution in [0.4, 0.5) is 0 Å². The van der Waals surface area contributed by atoms with Gasteiger partial charge in [-0.05, 0) is 18.2 Å². The van der Waals surface area contributed by atoms with Crippen LogP contribution < -0.4 is 16.2 Å². The lowest BCUT2D eigenvalue weighted by Gasteiger charge is -2.13. The average Bonchev–Trinajstić information content (AvgIpc) is 2.16. The zero-order valence-electron chi connectivity index (χ0n) is 7.46. The monoisotopic (exact) mass is 200 g/mol. The van der Waals surface area contributed by atoms with Gasteiger partial charge in [0.25, 0.3) is 0 Å². The fourth-order valence-corrected chi connectivity index (χ4v) is 1.30. The lowest BCUT2D eigenvalue weighted by atomic mass is 10.1. The molecule has 0 amide bonds. The van der Waals surface area contributed by atoms with Crippen molar-refractivity contribution in [1.82, 2.24) is 0 Å². The summed E-state index contributed by atoms with van der Waals surface area (Å²) in [5.74, 6) is 0.724. The molecule has 0 aromatic heterocycles. The van der Waals surface area contributed by atoms with Gasteiger partial charge in [0, 0.05) is 23.2 Å². The fourth-order valence-electron chi connectivity index (χ4n) is 1.12. The molecule has 1 rings (SSSR count). The molecule has 0 aliphatic carbocycles. The lowest BCUT2D eigenvalue weighted by molar-refractivity contribution is 0.406. The van der Waals surface area contributed by atoms with Crippen molar-refractivity contribution in [2.24, 2.45) is 11.5 Å². The normalized spacial score (nSPS) is 12.6. The van der Waals surface area contributed by atoms with Gasteiger partial charge in [-0.15, -0.1) is 0 Å². The van der Waals surface area contributed by atoms with Crippen molar-refractivity contribution in [3.05, 3.63) is 28.8 Å². The predicted molar refractivity (Wildman–Crippen MR) is 54.0 cm³/mol. The number of halogens is 1. The summed E-state index contributed by atoms with van der Waals surface area (Å²) >= 11 is 5.82. The number of ether oxygens (including phenoxy) is 1. The van der Waals surface area contributed by atoms with Crippen LogP contribution in [0.15, 0.2) is 18.2 Å². The highest BCUT2D eigenvalue weighted by atomic mass is 35.5. The molecule has 0 spiro atoms. The first-order valence-corrected chi connectivity index (χ1v) is 4.36. The largest absolute Gasteiger partial charge is 0.496 e. The van der Waals surface area contributed by atoms with Crippen molar-refractivity contribution in [3.63, 3.8) is 0 Å². The van der Waals surface area contributed by atoms with E-state index in [1.807, 2.05) is 0 Å². The van der Waals surface area contributed by atoms with E-state index in [0.29, 0.717) is 11.6 Å². The minimum absolute atomic E-state index is 0.228. The Labute approximate surface area is 82.6 Å². The van der Waals surface area contributed by atoms with Crippen LogP contribution in [0.1, 0.15) is 11.6 Å². The van der Waals surface area contributed by atoms with Gasteiger partial charge in [0.1, 0.15) is 5.75 Å². The summed E-state index contributed by atoms with van der Waals surface area (Å²) in [6, 6.07) is 5.09. The first-order chi connectivity index (χ1) is 6.19. The maximum absolute atomic E-state index is 5.82. The fraction of sp³-hybridized carbons (Fsp3) is 0.333. The number of hydrogen-bond donors (Lipinski definition) is 2. The van der Waals surface area contributed by atoms with E-state index >= 15 is 0 Å². The highest BCUT2D eigenvalue weighted by Gasteiger charge is 2.10. The molecule has 0 saturated heterocycles. The topological polar surface area (TPSA) is 61.3 Å². The molecule has 13 heavy (non-hydrogen) atoms. The summed E-state index contributed by atoms with van der Waals surface area (Å²) < 4.78 is 5.13. The van der Waals surface area contributed by atoms with Gasteiger partial charge in [0.05, 0.1) is 7.11 Å². The second kappa shape index (κ2) is 4.46. The maximum atomic E-state index is 5.82. The first-order valence-electron chi connectivity index (χ1n) is 3.98. The number of methoxy groups -OCH3 is 1. The molecule has 0 heterocycles. The third-order valence-electron chi connectivity index (χ3n) is 1.85. The Morgan fingerprint density at radius 3 is 2.77 bits per heavy atom. The third-order valence-corrected chi connectivity index (χ3v) is 2.08. The van der Waals surface area contributed by atoms with Crippen LogP contribution in [0.2, 0.25) is 5.02 Å². The molecular weight excluding hydrogens is 188 g/mol. The highest BCUT2D eigenvalue weighted by molar-refractivity contribution is 6.30. The van der Waals surface area contributed by atoms with Crippen molar-refractivity contribution in [3.8, 4) is 5.75 Å². The Bertz CT molecular complexity index is 291. The Morgan fingerprint density at radius 2 is 2.23 bits per heavy atom. The third kappa shape index (κ3) is 2.34. The van der Waals surface area contributed by atoms with Crippen LogP contribution in [0.5, 0.6) is 5.75 Å². The molecule has 72 valence electrons. The van der Waals surface area contributed by atoms with E-state index in [1.165, 1.54) is 0 Å². The minimum atomic E-state index is -0.228.